The molecule has 2 amide bonds. The zero-order chi connectivity index (χ0) is 19.6. The number of amides is 2. The maximum Gasteiger partial charge on any atom is 0.330 e. The van der Waals surface area contributed by atoms with Crippen molar-refractivity contribution in [1.29, 1.82) is 0 Å². The molecule has 1 aliphatic rings. The van der Waals surface area contributed by atoms with Gasteiger partial charge in [0, 0.05) is 25.2 Å². The molecule has 0 aliphatic carbocycles. The lowest BCUT2D eigenvalue weighted by Gasteiger charge is -2.27. The second-order valence-corrected chi connectivity index (χ2v) is 6.34. The van der Waals surface area contributed by atoms with Crippen molar-refractivity contribution in [3.8, 4) is 0 Å². The molecule has 1 heterocycles. The van der Waals surface area contributed by atoms with E-state index < -0.39 is 11.9 Å². The Kier molecular flexibility index (Phi) is 7.94. The summed E-state index contributed by atoms with van der Waals surface area (Å²) in [6.07, 6.45) is 5.20. The van der Waals surface area contributed by atoms with Crippen LogP contribution in [0.5, 0.6) is 0 Å². The van der Waals surface area contributed by atoms with E-state index in [1.165, 1.54) is 0 Å². The van der Waals surface area contributed by atoms with Crippen LogP contribution in [-0.4, -0.2) is 47.5 Å². The molecule has 0 saturated carbocycles. The van der Waals surface area contributed by atoms with Gasteiger partial charge in [-0.25, -0.2) is 4.79 Å². The van der Waals surface area contributed by atoms with Gasteiger partial charge in [0.1, 0.15) is 0 Å². The maximum absolute atomic E-state index is 12.8. The fourth-order valence-corrected chi connectivity index (χ4v) is 2.90. The average molecular weight is 389 g/mol. The Morgan fingerprint density at radius 1 is 1.15 bits per heavy atom. The number of anilines is 1. The van der Waals surface area contributed by atoms with Crippen LogP contribution in [0.15, 0.2) is 36.4 Å². The van der Waals surface area contributed by atoms with E-state index in [1.54, 1.807) is 31.2 Å². The number of carbonyl (C=O) groups is 3. The molecule has 7 nitrogen and oxygen atoms in total. The Hall–Kier alpha value is -2.74. The molecule has 1 aromatic carbocycles. The van der Waals surface area contributed by atoms with Gasteiger partial charge in [0.25, 0.3) is 5.91 Å². The summed E-state index contributed by atoms with van der Waals surface area (Å²) >= 11 is 5.13. The second kappa shape index (κ2) is 10.4. The zero-order valence-electron chi connectivity index (χ0n) is 15.2. The molecule has 1 saturated heterocycles. The summed E-state index contributed by atoms with van der Waals surface area (Å²) in [6.45, 7) is 3.39. The highest BCUT2D eigenvalue weighted by molar-refractivity contribution is 7.80. The van der Waals surface area contributed by atoms with Crippen molar-refractivity contribution in [2.75, 3.05) is 25.0 Å². The summed E-state index contributed by atoms with van der Waals surface area (Å²) < 4.78 is 4.70. The maximum atomic E-state index is 12.8. The molecular weight excluding hydrogens is 366 g/mol. The van der Waals surface area contributed by atoms with E-state index >= 15 is 0 Å². The van der Waals surface area contributed by atoms with Gasteiger partial charge >= 0.3 is 5.97 Å². The molecule has 144 valence electrons. The fraction of sp³-hybridized carbons (Fsp3) is 0.368. The quantitative estimate of drug-likeness (QED) is 0.456. The van der Waals surface area contributed by atoms with Crippen LogP contribution in [0.3, 0.4) is 0 Å². The first-order chi connectivity index (χ1) is 13.0. The Labute approximate surface area is 163 Å². The number of thiocarbonyl (C=S) groups is 1. The van der Waals surface area contributed by atoms with E-state index in [1.807, 2.05) is 4.90 Å². The van der Waals surface area contributed by atoms with Crippen molar-refractivity contribution in [1.82, 2.24) is 10.2 Å². The molecule has 2 rings (SSSR count). The third-order valence-electron chi connectivity index (χ3n) is 3.94. The molecule has 27 heavy (non-hydrogen) atoms. The van der Waals surface area contributed by atoms with Gasteiger partial charge in [-0.3, -0.25) is 14.9 Å². The van der Waals surface area contributed by atoms with Crippen LogP contribution in [0.4, 0.5) is 5.69 Å². The number of ether oxygens (including phenoxy) is 1. The summed E-state index contributed by atoms with van der Waals surface area (Å²) in [5.74, 6) is -1.24. The molecule has 0 radical (unpaired) electrons. The predicted octanol–water partition coefficient (Wildman–Crippen LogP) is 2.25. The number of likely N-dealkylation sites (tertiary alicyclic amines) is 1. The predicted molar refractivity (Wildman–Crippen MR) is 106 cm³/mol. The number of para-hydroxylation sites is 1. The van der Waals surface area contributed by atoms with E-state index in [0.717, 1.165) is 44.5 Å². The van der Waals surface area contributed by atoms with Crippen LogP contribution in [0, 0.1) is 0 Å². The minimum absolute atomic E-state index is 0.0346. The number of nitrogens with zero attached hydrogens (tertiary/aromatic N) is 1. The van der Waals surface area contributed by atoms with Crippen molar-refractivity contribution in [3.63, 3.8) is 0 Å². The van der Waals surface area contributed by atoms with E-state index in [2.05, 4.69) is 10.6 Å². The first-order valence-electron chi connectivity index (χ1n) is 8.86. The summed E-state index contributed by atoms with van der Waals surface area (Å²) in [5, 5.41) is 5.34. The van der Waals surface area contributed by atoms with Gasteiger partial charge in [-0.15, -0.1) is 0 Å². The highest BCUT2D eigenvalue weighted by Crippen LogP contribution is 2.20. The summed E-state index contributed by atoms with van der Waals surface area (Å²) in [7, 11) is 0. The van der Waals surface area contributed by atoms with Gasteiger partial charge in [-0.05, 0) is 50.5 Å². The van der Waals surface area contributed by atoms with Gasteiger partial charge in [0.15, 0.2) is 5.11 Å². The molecular formula is C19H23N3O4S. The van der Waals surface area contributed by atoms with Crippen molar-refractivity contribution in [2.45, 2.75) is 26.2 Å². The number of carbonyl (C=O) groups excluding carboxylic acids is 3. The molecule has 1 aliphatic heterocycles. The Morgan fingerprint density at radius 3 is 2.56 bits per heavy atom. The van der Waals surface area contributed by atoms with Gasteiger partial charge < -0.3 is 15.0 Å². The van der Waals surface area contributed by atoms with Crippen LogP contribution in [-0.2, 0) is 14.3 Å². The highest BCUT2D eigenvalue weighted by atomic mass is 32.1. The van der Waals surface area contributed by atoms with Crippen molar-refractivity contribution < 1.29 is 19.1 Å². The highest BCUT2D eigenvalue weighted by Gasteiger charge is 2.20. The van der Waals surface area contributed by atoms with Crippen LogP contribution >= 0.6 is 12.2 Å². The molecule has 1 fully saturated rings. The topological polar surface area (TPSA) is 87.7 Å². The molecule has 1 aromatic rings. The summed E-state index contributed by atoms with van der Waals surface area (Å²) in [5.41, 5.74) is 1.02. The SMILES string of the molecule is CCOC(=O)C=CC(=O)NC(=S)Nc1ccccc1C(=O)N1CCCCC1. The number of benzene rings is 1. The molecule has 8 heteroatoms. The number of hydrogen-bond acceptors (Lipinski definition) is 5. The number of hydrogen-bond donors (Lipinski definition) is 2. The molecule has 0 unspecified atom stereocenters. The molecule has 0 spiro atoms. The first kappa shape index (κ1) is 20.6. The Balaban J connectivity index is 1.98. The van der Waals surface area contributed by atoms with E-state index in [0.29, 0.717) is 11.3 Å². The molecule has 2 N–H and O–H groups in total. The van der Waals surface area contributed by atoms with E-state index in [9.17, 15) is 14.4 Å². The first-order valence-corrected chi connectivity index (χ1v) is 9.27. The van der Waals surface area contributed by atoms with Crippen LogP contribution in [0.25, 0.3) is 0 Å². The standard InChI is InChI=1S/C19H23N3O4S/c1-2-26-17(24)11-10-16(23)21-19(27)20-15-9-5-4-8-14(15)18(25)22-12-6-3-7-13-22/h4-5,8-11H,2-3,6-7,12-13H2,1H3,(H2,20,21,23,27). The lowest BCUT2D eigenvalue weighted by molar-refractivity contribution is -0.137. The zero-order valence-corrected chi connectivity index (χ0v) is 16.0. The largest absolute Gasteiger partial charge is 0.463 e. The van der Waals surface area contributed by atoms with Gasteiger partial charge in [-0.1, -0.05) is 12.1 Å². The minimum Gasteiger partial charge on any atom is -0.463 e. The third-order valence-corrected chi connectivity index (χ3v) is 4.15. The van der Waals surface area contributed by atoms with Crippen molar-refractivity contribution in [2.24, 2.45) is 0 Å². The number of nitrogens with one attached hydrogen (secondary N) is 2. The molecule has 0 atom stereocenters. The normalized spacial score (nSPS) is 13.9. The van der Waals surface area contributed by atoms with Crippen LogP contribution < -0.4 is 10.6 Å². The lowest BCUT2D eigenvalue weighted by Crippen LogP contribution is -2.37. The van der Waals surface area contributed by atoms with E-state index in [4.69, 9.17) is 17.0 Å². The second-order valence-electron chi connectivity index (χ2n) is 5.93. The number of rotatable bonds is 5. The third kappa shape index (κ3) is 6.49. The smallest absolute Gasteiger partial charge is 0.330 e. The molecule has 0 aromatic heterocycles. The average Bonchev–Trinajstić information content (AvgIpc) is 2.67. The number of piperidine rings is 1. The van der Waals surface area contributed by atoms with Gasteiger partial charge in [0.2, 0.25) is 5.91 Å². The fourth-order valence-electron chi connectivity index (χ4n) is 2.69. The lowest BCUT2D eigenvalue weighted by atomic mass is 10.1. The van der Waals surface area contributed by atoms with E-state index in [-0.39, 0.29) is 17.6 Å². The van der Waals surface area contributed by atoms with Crippen LogP contribution in [0.1, 0.15) is 36.5 Å². The number of esters is 1. The van der Waals surface area contributed by atoms with Crippen molar-refractivity contribution >= 4 is 40.8 Å². The Bertz CT molecular complexity index is 742. The van der Waals surface area contributed by atoms with Gasteiger partial charge in [0.05, 0.1) is 17.9 Å². The van der Waals surface area contributed by atoms with Crippen molar-refractivity contribution in [3.05, 3.63) is 42.0 Å². The Morgan fingerprint density at radius 2 is 1.85 bits per heavy atom. The minimum atomic E-state index is -0.607. The summed E-state index contributed by atoms with van der Waals surface area (Å²) in [4.78, 5) is 37.6. The monoisotopic (exact) mass is 389 g/mol. The van der Waals surface area contributed by atoms with Gasteiger partial charge in [-0.2, -0.15) is 0 Å². The summed E-state index contributed by atoms with van der Waals surface area (Å²) in [6, 6.07) is 7.01. The van der Waals surface area contributed by atoms with Crippen LogP contribution in [0.2, 0.25) is 0 Å². The molecule has 0 bridgehead atoms.